The quantitative estimate of drug-likeness (QED) is 0.695. The first-order chi connectivity index (χ1) is 14.3. The summed E-state index contributed by atoms with van der Waals surface area (Å²) in [7, 11) is 0.607. The number of rotatable bonds is 5. The van der Waals surface area contributed by atoms with Crippen LogP contribution in [0.1, 0.15) is 44.1 Å². The van der Waals surface area contributed by atoms with Gasteiger partial charge in [0.1, 0.15) is 11.4 Å². The van der Waals surface area contributed by atoms with Gasteiger partial charge in [-0.3, -0.25) is 9.69 Å². The lowest BCUT2D eigenvalue weighted by molar-refractivity contribution is -0.140. The molecule has 1 N–H and O–H groups in total. The molecule has 0 atom stereocenters. The summed E-state index contributed by atoms with van der Waals surface area (Å²) in [5.41, 5.74) is 0.676. The number of benzene rings is 1. The Kier molecular flexibility index (Phi) is 5.85. The van der Waals surface area contributed by atoms with Gasteiger partial charge >= 0.3 is 10.5 Å². The minimum Gasteiger partial charge on any atom is -0.494 e. The lowest BCUT2D eigenvalue weighted by atomic mass is 9.52. The van der Waals surface area contributed by atoms with E-state index in [0.29, 0.717) is 34.2 Å². The molecule has 4 saturated carbocycles. The van der Waals surface area contributed by atoms with Crippen molar-refractivity contribution in [3.63, 3.8) is 0 Å². The van der Waals surface area contributed by atoms with Crippen molar-refractivity contribution < 1.29 is 17.9 Å². The van der Waals surface area contributed by atoms with Gasteiger partial charge in [0.25, 0.3) is 0 Å². The summed E-state index contributed by atoms with van der Waals surface area (Å²) in [6, 6.07) is 5.00. The van der Waals surface area contributed by atoms with Crippen LogP contribution < -0.4 is 10.1 Å². The van der Waals surface area contributed by atoms with E-state index in [2.05, 4.69) is 9.68 Å². The Morgan fingerprint density at radius 1 is 1.23 bits per heavy atom. The third-order valence-electron chi connectivity index (χ3n) is 6.92. The van der Waals surface area contributed by atoms with Crippen molar-refractivity contribution in [1.29, 1.82) is 0 Å². The molecule has 0 aliphatic heterocycles. The minimum atomic E-state index is -2.61. The van der Waals surface area contributed by atoms with E-state index in [4.69, 9.17) is 17.0 Å². The molecule has 0 heterocycles. The highest BCUT2D eigenvalue weighted by Crippen LogP contribution is 2.58. The van der Waals surface area contributed by atoms with Gasteiger partial charge in [-0.25, -0.2) is 0 Å². The van der Waals surface area contributed by atoms with Crippen LogP contribution in [0.15, 0.2) is 22.6 Å². The fourth-order valence-corrected chi connectivity index (χ4v) is 6.89. The lowest BCUT2D eigenvalue weighted by Gasteiger charge is -2.60. The van der Waals surface area contributed by atoms with Crippen LogP contribution in [-0.2, 0) is 21.7 Å². The molecule has 9 heteroatoms. The van der Waals surface area contributed by atoms with Crippen molar-refractivity contribution in [2.75, 3.05) is 14.2 Å². The minimum absolute atomic E-state index is 0.0596. The Balaban J connectivity index is 1.63. The SMILES string of the molecule is CNC(=S)N(C(=O)Cc1ccc(OC)c(N=S(=O)=O)c1)C12CC3CC(CC(C3)C1)C2. The molecule has 4 aliphatic carbocycles. The zero-order valence-corrected chi connectivity index (χ0v) is 18.9. The van der Waals surface area contributed by atoms with E-state index in [0.717, 1.165) is 19.3 Å². The number of nitrogens with one attached hydrogen (secondary N) is 1. The molecular weight excluding hydrogens is 422 g/mol. The summed E-state index contributed by atoms with van der Waals surface area (Å²) >= 11 is 5.60. The van der Waals surface area contributed by atoms with Crippen LogP contribution in [-0.4, -0.2) is 44.0 Å². The molecule has 162 valence electrons. The predicted octanol–water partition coefficient (Wildman–Crippen LogP) is 3.23. The molecule has 4 fully saturated rings. The molecule has 0 saturated heterocycles. The monoisotopic (exact) mass is 449 g/mol. The predicted molar refractivity (Wildman–Crippen MR) is 117 cm³/mol. The number of hydrogen-bond acceptors (Lipinski definition) is 6. The van der Waals surface area contributed by atoms with Gasteiger partial charge in [0.05, 0.1) is 19.1 Å². The zero-order valence-electron chi connectivity index (χ0n) is 17.3. The smallest absolute Gasteiger partial charge is 0.316 e. The topological polar surface area (TPSA) is 88.1 Å². The Hall–Kier alpha value is -2.00. The average Bonchev–Trinajstić information content (AvgIpc) is 2.66. The summed E-state index contributed by atoms with van der Waals surface area (Å²) in [5.74, 6) is 2.34. The molecule has 0 spiro atoms. The van der Waals surface area contributed by atoms with Crippen LogP contribution >= 0.6 is 12.2 Å². The third-order valence-corrected chi connectivity index (χ3v) is 7.65. The molecule has 1 aromatic rings. The number of hydrogen-bond donors (Lipinski definition) is 1. The van der Waals surface area contributed by atoms with Gasteiger partial charge in [0.15, 0.2) is 5.11 Å². The third kappa shape index (κ3) is 3.97. The van der Waals surface area contributed by atoms with Gasteiger partial charge in [-0.2, -0.15) is 8.42 Å². The van der Waals surface area contributed by atoms with Gasteiger partial charge in [-0.05, 0) is 86.2 Å². The van der Waals surface area contributed by atoms with Gasteiger partial charge in [-0.1, -0.05) is 6.07 Å². The molecule has 7 nitrogen and oxygen atoms in total. The summed E-state index contributed by atoms with van der Waals surface area (Å²) in [6.45, 7) is 0. The number of carbonyl (C=O) groups excluding carboxylic acids is 1. The molecule has 0 radical (unpaired) electrons. The van der Waals surface area contributed by atoms with Crippen LogP contribution in [0, 0.1) is 17.8 Å². The van der Waals surface area contributed by atoms with Crippen molar-refractivity contribution in [3.8, 4) is 5.75 Å². The lowest BCUT2D eigenvalue weighted by Crippen LogP contribution is -2.64. The average molecular weight is 450 g/mol. The number of nitrogens with zero attached hydrogens (tertiary/aromatic N) is 2. The molecule has 5 rings (SSSR count). The summed E-state index contributed by atoms with van der Waals surface area (Å²) in [5, 5.41) is 3.50. The number of thiocarbonyl (C=S) groups is 1. The van der Waals surface area contributed by atoms with Crippen molar-refractivity contribution in [2.45, 2.75) is 50.5 Å². The number of carbonyl (C=O) groups is 1. The maximum absolute atomic E-state index is 13.5. The molecular formula is C21H27N3O4S2. The highest BCUT2D eigenvalue weighted by molar-refractivity contribution is 7.80. The second-order valence-electron chi connectivity index (χ2n) is 8.92. The van der Waals surface area contributed by atoms with Gasteiger partial charge in [0, 0.05) is 7.05 Å². The highest BCUT2D eigenvalue weighted by Gasteiger charge is 2.55. The Labute approximate surface area is 183 Å². The largest absolute Gasteiger partial charge is 0.494 e. The number of methoxy groups -OCH3 is 1. The molecule has 0 aromatic heterocycles. The van der Waals surface area contributed by atoms with Crippen LogP contribution in [0.25, 0.3) is 0 Å². The maximum atomic E-state index is 13.5. The van der Waals surface area contributed by atoms with Crippen LogP contribution in [0.4, 0.5) is 5.69 Å². The van der Waals surface area contributed by atoms with Crippen LogP contribution in [0.2, 0.25) is 0 Å². The van der Waals surface area contributed by atoms with Gasteiger partial charge in [-0.15, -0.1) is 4.36 Å². The van der Waals surface area contributed by atoms with Crippen molar-refractivity contribution in [2.24, 2.45) is 22.1 Å². The van der Waals surface area contributed by atoms with Crippen LogP contribution in [0.3, 0.4) is 0 Å². The fraction of sp³-hybridized carbons (Fsp3) is 0.619. The summed E-state index contributed by atoms with van der Waals surface area (Å²) < 4.78 is 30.8. The van der Waals surface area contributed by atoms with E-state index in [1.165, 1.54) is 26.4 Å². The first kappa shape index (κ1) is 21.2. The van der Waals surface area contributed by atoms with Gasteiger partial charge in [0.2, 0.25) is 5.91 Å². The van der Waals surface area contributed by atoms with E-state index in [1.807, 2.05) is 4.90 Å². The van der Waals surface area contributed by atoms with Crippen molar-refractivity contribution in [3.05, 3.63) is 23.8 Å². The fourth-order valence-electron chi connectivity index (χ4n) is 6.29. The Bertz CT molecular complexity index is 962. The van der Waals surface area contributed by atoms with Crippen molar-refractivity contribution >= 4 is 39.4 Å². The van der Waals surface area contributed by atoms with E-state index in [1.54, 1.807) is 25.2 Å². The second-order valence-corrected chi connectivity index (χ2v) is 9.92. The van der Waals surface area contributed by atoms with Crippen molar-refractivity contribution in [1.82, 2.24) is 10.2 Å². The summed E-state index contributed by atoms with van der Waals surface area (Å²) in [6.07, 6.45) is 7.03. The first-order valence-corrected chi connectivity index (χ1v) is 11.8. The van der Waals surface area contributed by atoms with E-state index < -0.39 is 10.5 Å². The molecule has 1 amide bonds. The number of ether oxygens (including phenoxy) is 1. The standard InChI is InChI=1S/C21H27N3O4S2/c1-22-20(29)24(21-10-14-5-15(11-21)7-16(6-14)12-21)19(25)9-13-3-4-18(28-2)17(8-13)23-30(26)27/h3-4,8,14-16H,5-7,9-12H2,1-2H3,(H,22,29). The van der Waals surface area contributed by atoms with E-state index >= 15 is 0 Å². The second kappa shape index (κ2) is 8.26. The molecule has 30 heavy (non-hydrogen) atoms. The molecule has 0 unspecified atom stereocenters. The summed E-state index contributed by atoms with van der Waals surface area (Å²) in [4.78, 5) is 15.4. The molecule has 4 aliphatic rings. The highest BCUT2D eigenvalue weighted by atomic mass is 32.2. The maximum Gasteiger partial charge on any atom is 0.316 e. The molecule has 1 aromatic carbocycles. The van der Waals surface area contributed by atoms with E-state index in [9.17, 15) is 13.2 Å². The number of amides is 1. The van der Waals surface area contributed by atoms with Gasteiger partial charge < -0.3 is 10.1 Å². The zero-order chi connectivity index (χ0) is 21.5. The Morgan fingerprint density at radius 3 is 2.33 bits per heavy atom. The Morgan fingerprint density at radius 2 is 1.83 bits per heavy atom. The van der Waals surface area contributed by atoms with E-state index in [-0.39, 0.29) is 23.6 Å². The van der Waals surface area contributed by atoms with Crippen LogP contribution in [0.5, 0.6) is 5.75 Å². The first-order valence-electron chi connectivity index (χ1n) is 10.4. The molecule has 4 bridgehead atoms. The normalized spacial score (nSPS) is 28.7.